The van der Waals surface area contributed by atoms with Crippen molar-refractivity contribution in [3.8, 4) is 11.4 Å². The number of amides is 1. The second-order valence-electron chi connectivity index (χ2n) is 5.64. The van der Waals surface area contributed by atoms with E-state index in [1.54, 1.807) is 12.3 Å². The molecule has 2 aromatic heterocycles. The lowest BCUT2D eigenvalue weighted by molar-refractivity contribution is -0.120. The molecule has 0 bridgehead atoms. The molecular weight excluding hydrogens is 302 g/mol. The van der Waals surface area contributed by atoms with Crippen LogP contribution in [-0.4, -0.2) is 32.1 Å². The molecule has 8 heteroatoms. The quantitative estimate of drug-likeness (QED) is 0.623. The first-order valence-electron chi connectivity index (χ1n) is 7.03. The molecule has 2 aromatic rings. The van der Waals surface area contributed by atoms with Gasteiger partial charge in [-0.1, -0.05) is 18.7 Å². The highest BCUT2D eigenvalue weighted by Crippen LogP contribution is 2.24. The fraction of sp³-hybridized carbons (Fsp3) is 0.500. The van der Waals surface area contributed by atoms with Gasteiger partial charge in [0.15, 0.2) is 5.82 Å². The summed E-state index contributed by atoms with van der Waals surface area (Å²) in [6.07, 6.45) is 2.44. The van der Waals surface area contributed by atoms with Crippen molar-refractivity contribution in [3.63, 3.8) is 0 Å². The zero-order chi connectivity index (χ0) is 16.3. The average Bonchev–Trinajstić information content (AvgIpc) is 3.02. The number of carbonyl (C=O) groups is 1. The molecule has 2 heterocycles. The Hall–Kier alpha value is -1.96. The van der Waals surface area contributed by atoms with Crippen molar-refractivity contribution in [1.29, 1.82) is 0 Å². The number of nitrogens with one attached hydrogen (secondary N) is 1. The first kappa shape index (κ1) is 16.4. The van der Waals surface area contributed by atoms with E-state index < -0.39 is 0 Å². The molecule has 0 saturated carbocycles. The van der Waals surface area contributed by atoms with Gasteiger partial charge in [0.2, 0.25) is 11.1 Å². The molecule has 0 fully saturated rings. The van der Waals surface area contributed by atoms with Gasteiger partial charge in [-0.3, -0.25) is 4.79 Å². The number of hydrogen-bond donors (Lipinski definition) is 2. The van der Waals surface area contributed by atoms with Gasteiger partial charge in [-0.15, -0.1) is 10.2 Å². The third kappa shape index (κ3) is 3.62. The molecule has 0 aliphatic carbocycles. The summed E-state index contributed by atoms with van der Waals surface area (Å²) in [5.41, 5.74) is 0.575. The van der Waals surface area contributed by atoms with Gasteiger partial charge in [-0.25, -0.2) is 4.68 Å². The lowest BCUT2D eigenvalue weighted by Gasteiger charge is -2.24. The smallest absolute Gasteiger partial charge is 0.230 e. The van der Waals surface area contributed by atoms with Crippen LogP contribution in [0.5, 0.6) is 0 Å². The molecular formula is C14H21N5O2S. The molecule has 0 aliphatic heterocycles. The number of nitrogen functional groups attached to an aromatic ring is 1. The van der Waals surface area contributed by atoms with Crippen molar-refractivity contribution in [2.75, 3.05) is 11.6 Å². The van der Waals surface area contributed by atoms with Crippen molar-refractivity contribution in [3.05, 3.63) is 18.1 Å². The van der Waals surface area contributed by atoms with E-state index in [0.29, 0.717) is 11.0 Å². The molecule has 0 spiro atoms. The van der Waals surface area contributed by atoms with E-state index in [-0.39, 0.29) is 17.2 Å². The number of nitrogens with two attached hydrogens (primary N) is 1. The third-order valence-corrected chi connectivity index (χ3v) is 4.40. The predicted octanol–water partition coefficient (Wildman–Crippen LogP) is 1.96. The van der Waals surface area contributed by atoms with Crippen LogP contribution in [0.2, 0.25) is 0 Å². The van der Waals surface area contributed by atoms with Gasteiger partial charge in [0, 0.05) is 5.54 Å². The van der Waals surface area contributed by atoms with Gasteiger partial charge in [0.05, 0.1) is 17.6 Å². The minimum Gasteiger partial charge on any atom is -0.469 e. The number of aromatic nitrogens is 3. The second-order valence-corrected chi connectivity index (χ2v) is 6.58. The molecule has 0 aromatic carbocycles. The van der Waals surface area contributed by atoms with Crippen LogP contribution in [0.15, 0.2) is 21.9 Å². The second kappa shape index (κ2) is 6.43. The Balaban J connectivity index is 2.02. The van der Waals surface area contributed by atoms with Crippen LogP contribution in [0.1, 0.15) is 33.0 Å². The maximum atomic E-state index is 11.9. The molecule has 0 aliphatic rings. The zero-order valence-electron chi connectivity index (χ0n) is 13.2. The minimum atomic E-state index is -0.215. The molecule has 22 heavy (non-hydrogen) atoms. The maximum absolute atomic E-state index is 11.9. The average molecular weight is 323 g/mol. The highest BCUT2D eigenvalue weighted by Gasteiger charge is 2.20. The molecule has 0 saturated heterocycles. The van der Waals surface area contributed by atoms with E-state index in [0.717, 1.165) is 17.7 Å². The van der Waals surface area contributed by atoms with Gasteiger partial charge in [0.1, 0.15) is 5.76 Å². The van der Waals surface area contributed by atoms with Crippen molar-refractivity contribution in [2.24, 2.45) is 0 Å². The standard InChI is InChI=1S/C14H21N5O2S/c1-5-14(3,4)16-11(20)8-22-13-18-17-12(19(13)15)10-6-7-21-9(10)2/h6-7H,5,8,15H2,1-4H3,(H,16,20). The molecule has 1 amide bonds. The van der Waals surface area contributed by atoms with Crippen LogP contribution in [0.3, 0.4) is 0 Å². The Morgan fingerprint density at radius 2 is 2.23 bits per heavy atom. The first-order valence-corrected chi connectivity index (χ1v) is 8.01. The van der Waals surface area contributed by atoms with E-state index in [4.69, 9.17) is 10.3 Å². The van der Waals surface area contributed by atoms with Gasteiger partial charge in [0.25, 0.3) is 0 Å². The highest BCUT2D eigenvalue weighted by atomic mass is 32.2. The number of rotatable bonds is 6. The topological polar surface area (TPSA) is 99.0 Å². The SMILES string of the molecule is CCC(C)(C)NC(=O)CSc1nnc(-c2ccoc2C)n1N. The van der Waals surface area contributed by atoms with E-state index in [1.165, 1.54) is 16.4 Å². The van der Waals surface area contributed by atoms with Crippen molar-refractivity contribution < 1.29 is 9.21 Å². The van der Waals surface area contributed by atoms with Gasteiger partial charge in [-0.05, 0) is 33.3 Å². The van der Waals surface area contributed by atoms with Crippen molar-refractivity contribution in [1.82, 2.24) is 20.2 Å². The summed E-state index contributed by atoms with van der Waals surface area (Å²) in [5.74, 6) is 7.42. The number of nitrogens with zero attached hydrogens (tertiary/aromatic N) is 3. The lowest BCUT2D eigenvalue weighted by atomic mass is 10.0. The van der Waals surface area contributed by atoms with Crippen LogP contribution < -0.4 is 11.2 Å². The van der Waals surface area contributed by atoms with Crippen LogP contribution in [0, 0.1) is 6.92 Å². The van der Waals surface area contributed by atoms with E-state index in [9.17, 15) is 4.79 Å². The highest BCUT2D eigenvalue weighted by molar-refractivity contribution is 7.99. The Kier molecular flexibility index (Phi) is 4.80. The molecule has 0 unspecified atom stereocenters. The molecule has 2 rings (SSSR count). The van der Waals surface area contributed by atoms with Crippen LogP contribution >= 0.6 is 11.8 Å². The maximum Gasteiger partial charge on any atom is 0.230 e. The summed E-state index contributed by atoms with van der Waals surface area (Å²) >= 11 is 1.25. The molecule has 120 valence electrons. The fourth-order valence-corrected chi connectivity index (χ4v) is 2.46. The van der Waals surface area contributed by atoms with Crippen LogP contribution in [-0.2, 0) is 4.79 Å². The number of hydrogen-bond acceptors (Lipinski definition) is 6. The zero-order valence-corrected chi connectivity index (χ0v) is 14.0. The number of aryl methyl sites for hydroxylation is 1. The van der Waals surface area contributed by atoms with Crippen molar-refractivity contribution >= 4 is 17.7 Å². The fourth-order valence-electron chi connectivity index (χ4n) is 1.81. The summed E-state index contributed by atoms with van der Waals surface area (Å²) in [6, 6.07) is 1.79. The van der Waals surface area contributed by atoms with E-state index >= 15 is 0 Å². The summed E-state index contributed by atoms with van der Waals surface area (Å²) in [7, 11) is 0. The number of thioether (sulfide) groups is 1. The summed E-state index contributed by atoms with van der Waals surface area (Å²) in [6.45, 7) is 7.84. The van der Waals surface area contributed by atoms with E-state index in [2.05, 4.69) is 15.5 Å². The molecule has 7 nitrogen and oxygen atoms in total. The number of furan rings is 1. The molecule has 0 atom stereocenters. The summed E-state index contributed by atoms with van der Waals surface area (Å²) in [5, 5.41) is 11.5. The minimum absolute atomic E-state index is 0.0547. The van der Waals surface area contributed by atoms with Crippen molar-refractivity contribution in [2.45, 2.75) is 44.8 Å². The lowest BCUT2D eigenvalue weighted by Crippen LogP contribution is -2.43. The number of carbonyl (C=O) groups excluding carboxylic acids is 1. The van der Waals surface area contributed by atoms with E-state index in [1.807, 2.05) is 27.7 Å². The Morgan fingerprint density at radius 1 is 1.50 bits per heavy atom. The Morgan fingerprint density at radius 3 is 2.82 bits per heavy atom. The Labute approximate surface area is 133 Å². The summed E-state index contributed by atoms with van der Waals surface area (Å²) < 4.78 is 6.62. The predicted molar refractivity (Wildman–Crippen MR) is 85.8 cm³/mol. The third-order valence-electron chi connectivity index (χ3n) is 3.46. The van der Waals surface area contributed by atoms with Gasteiger partial charge < -0.3 is 15.6 Å². The molecule has 0 radical (unpaired) electrons. The molecule has 3 N–H and O–H groups in total. The van der Waals surface area contributed by atoms with Crippen LogP contribution in [0.25, 0.3) is 11.4 Å². The monoisotopic (exact) mass is 323 g/mol. The van der Waals surface area contributed by atoms with Crippen LogP contribution in [0.4, 0.5) is 0 Å². The first-order chi connectivity index (χ1) is 10.3. The Bertz CT molecular complexity index is 662. The largest absolute Gasteiger partial charge is 0.469 e. The summed E-state index contributed by atoms with van der Waals surface area (Å²) in [4.78, 5) is 11.9. The van der Waals surface area contributed by atoms with Gasteiger partial charge in [-0.2, -0.15) is 0 Å². The van der Waals surface area contributed by atoms with Gasteiger partial charge >= 0.3 is 0 Å². The normalized spacial score (nSPS) is 11.6.